The normalized spacial score (nSPS) is 53.2. The minimum atomic E-state index is -0.653. The van der Waals surface area contributed by atoms with Gasteiger partial charge in [0.05, 0.1) is 30.5 Å². The van der Waals surface area contributed by atoms with E-state index >= 15 is 0 Å². The minimum absolute atomic E-state index is 0.0121. The first-order chi connectivity index (χ1) is 11.7. The molecule has 1 saturated heterocycles. The fourth-order valence-electron chi connectivity index (χ4n) is 6.70. The lowest BCUT2D eigenvalue weighted by atomic mass is 9.43. The van der Waals surface area contributed by atoms with Gasteiger partial charge in [-0.05, 0) is 50.4 Å². The maximum atomic E-state index is 10.6. The van der Waals surface area contributed by atoms with Crippen molar-refractivity contribution >= 4 is 0 Å². The monoisotopic (exact) mass is 356 g/mol. The number of aliphatic hydroxyl groups is 4. The van der Waals surface area contributed by atoms with Gasteiger partial charge < -0.3 is 25.2 Å². The summed E-state index contributed by atoms with van der Waals surface area (Å²) in [4.78, 5) is 0. The van der Waals surface area contributed by atoms with Crippen molar-refractivity contribution < 1.29 is 25.2 Å². The Bertz CT molecular complexity index is 498. The molecule has 2 saturated carbocycles. The van der Waals surface area contributed by atoms with Crippen molar-refractivity contribution in [1.82, 2.24) is 0 Å². The van der Waals surface area contributed by atoms with E-state index in [9.17, 15) is 20.4 Å². The first-order valence-electron chi connectivity index (χ1n) is 9.94. The van der Waals surface area contributed by atoms with Gasteiger partial charge in [-0.15, -0.1) is 0 Å². The van der Waals surface area contributed by atoms with E-state index in [0.29, 0.717) is 18.8 Å². The molecule has 1 spiro atoms. The third-order valence-corrected chi connectivity index (χ3v) is 8.46. The predicted octanol–water partition coefficient (Wildman–Crippen LogP) is 1.85. The number of hydrogen-bond acceptors (Lipinski definition) is 5. The van der Waals surface area contributed by atoms with Gasteiger partial charge in [-0.2, -0.15) is 0 Å². The summed E-state index contributed by atoms with van der Waals surface area (Å²) >= 11 is 0. The lowest BCUT2D eigenvalue weighted by Crippen LogP contribution is -2.66. The molecule has 1 heterocycles. The van der Waals surface area contributed by atoms with Crippen LogP contribution >= 0.6 is 0 Å². The molecule has 3 fully saturated rings. The van der Waals surface area contributed by atoms with Crippen LogP contribution < -0.4 is 0 Å². The van der Waals surface area contributed by atoms with Gasteiger partial charge in [-0.1, -0.05) is 20.8 Å². The lowest BCUT2D eigenvalue weighted by Gasteiger charge is -2.65. The van der Waals surface area contributed by atoms with Gasteiger partial charge in [-0.3, -0.25) is 0 Å². The second kappa shape index (κ2) is 6.45. The first-order valence-corrected chi connectivity index (χ1v) is 9.94. The minimum Gasteiger partial charge on any atom is -0.396 e. The summed E-state index contributed by atoms with van der Waals surface area (Å²) in [5.41, 5.74) is -1.66. The molecule has 4 N–H and O–H groups in total. The summed E-state index contributed by atoms with van der Waals surface area (Å²) < 4.78 is 6.75. The Morgan fingerprint density at radius 1 is 0.960 bits per heavy atom. The molecule has 25 heavy (non-hydrogen) atoms. The van der Waals surface area contributed by atoms with E-state index in [-0.39, 0.29) is 36.8 Å². The van der Waals surface area contributed by atoms with Crippen molar-refractivity contribution in [2.45, 2.75) is 83.0 Å². The lowest BCUT2D eigenvalue weighted by molar-refractivity contribution is -0.272. The second-order valence-electron chi connectivity index (χ2n) is 9.47. The van der Waals surface area contributed by atoms with Crippen LogP contribution in [0.1, 0.15) is 65.7 Å². The smallest absolute Gasteiger partial charge is 0.0942 e. The summed E-state index contributed by atoms with van der Waals surface area (Å²) in [6.07, 6.45) is 5.15. The molecule has 0 aromatic rings. The number of ether oxygens (including phenoxy) is 1. The van der Waals surface area contributed by atoms with Crippen LogP contribution in [0.5, 0.6) is 0 Å². The molecule has 2 aliphatic carbocycles. The number of rotatable bonds is 4. The Morgan fingerprint density at radius 2 is 1.68 bits per heavy atom. The van der Waals surface area contributed by atoms with Crippen molar-refractivity contribution in [3.05, 3.63) is 0 Å². The SMILES string of the molecule is C[C@H]1CC[C@@H]2[C@](C)(CO)[C@@H](O)CC[C@]2(C)[C@@]12CC[C@](CO)(CCO)O2. The molecule has 0 aromatic heterocycles. The van der Waals surface area contributed by atoms with Crippen LogP contribution in [0, 0.1) is 22.7 Å². The maximum Gasteiger partial charge on any atom is 0.0942 e. The zero-order chi connectivity index (χ0) is 18.5. The molecular formula is C20H36O5. The van der Waals surface area contributed by atoms with Gasteiger partial charge in [0.1, 0.15) is 0 Å². The van der Waals surface area contributed by atoms with Gasteiger partial charge in [0, 0.05) is 23.9 Å². The molecule has 5 nitrogen and oxygen atoms in total. The topological polar surface area (TPSA) is 90.2 Å². The summed E-state index contributed by atoms with van der Waals surface area (Å²) in [7, 11) is 0. The van der Waals surface area contributed by atoms with Crippen LogP contribution in [0.3, 0.4) is 0 Å². The standard InChI is InChI=1S/C20H36O5/c1-14-4-5-15-17(2,12-22)16(24)6-7-18(15,3)20(14)9-8-19(13-23,25-20)10-11-21/h14-16,21-24H,4-13H2,1-3H3/t14-,15+,16-,17-,18-,19+,20+/m0/s1. The number of fused-ring (bicyclic) bond motifs is 2. The molecule has 7 atom stereocenters. The van der Waals surface area contributed by atoms with Gasteiger partial charge in [0.15, 0.2) is 0 Å². The van der Waals surface area contributed by atoms with E-state index in [1.165, 1.54) is 0 Å². The van der Waals surface area contributed by atoms with Gasteiger partial charge in [0.25, 0.3) is 0 Å². The third-order valence-electron chi connectivity index (χ3n) is 8.46. The Hall–Kier alpha value is -0.200. The molecule has 0 bridgehead atoms. The average molecular weight is 357 g/mol. The number of aliphatic hydroxyl groups excluding tert-OH is 4. The van der Waals surface area contributed by atoms with Crippen LogP contribution in [0.2, 0.25) is 0 Å². The summed E-state index contributed by atoms with van der Waals surface area (Å²) in [6.45, 7) is 6.47. The van der Waals surface area contributed by atoms with Crippen molar-refractivity contribution in [1.29, 1.82) is 0 Å². The van der Waals surface area contributed by atoms with Gasteiger partial charge in [-0.25, -0.2) is 0 Å². The molecule has 146 valence electrons. The van der Waals surface area contributed by atoms with E-state index in [1.54, 1.807) is 0 Å². The largest absolute Gasteiger partial charge is 0.396 e. The molecule has 0 radical (unpaired) electrons. The quantitative estimate of drug-likeness (QED) is 0.617. The first kappa shape index (κ1) is 19.6. The Labute approximate surface area is 151 Å². The van der Waals surface area contributed by atoms with Crippen molar-refractivity contribution in [3.8, 4) is 0 Å². The zero-order valence-electron chi connectivity index (χ0n) is 16.0. The van der Waals surface area contributed by atoms with E-state index in [0.717, 1.165) is 32.1 Å². The molecule has 5 heteroatoms. The molecule has 3 rings (SSSR count). The average Bonchev–Trinajstić information content (AvgIpc) is 2.99. The molecule has 0 amide bonds. The van der Waals surface area contributed by atoms with Gasteiger partial charge >= 0.3 is 0 Å². The fourth-order valence-corrected chi connectivity index (χ4v) is 6.70. The van der Waals surface area contributed by atoms with Crippen molar-refractivity contribution in [2.24, 2.45) is 22.7 Å². The molecule has 0 aromatic carbocycles. The highest BCUT2D eigenvalue weighted by Gasteiger charge is 2.68. The maximum absolute atomic E-state index is 10.6. The Balaban J connectivity index is 2.02. The third kappa shape index (κ3) is 2.53. The fraction of sp³-hybridized carbons (Fsp3) is 1.00. The van der Waals surface area contributed by atoms with Gasteiger partial charge in [0.2, 0.25) is 0 Å². The second-order valence-corrected chi connectivity index (χ2v) is 9.47. The summed E-state index contributed by atoms with van der Waals surface area (Å²) in [6, 6.07) is 0. The van der Waals surface area contributed by atoms with Crippen LogP contribution in [0.25, 0.3) is 0 Å². The highest BCUT2D eigenvalue weighted by molar-refractivity contribution is 5.17. The number of hydrogen-bond donors (Lipinski definition) is 4. The van der Waals surface area contributed by atoms with Crippen LogP contribution in [0.15, 0.2) is 0 Å². The highest BCUT2D eigenvalue weighted by atomic mass is 16.5. The highest BCUT2D eigenvalue weighted by Crippen LogP contribution is 2.67. The van der Waals surface area contributed by atoms with Crippen LogP contribution in [-0.4, -0.2) is 57.6 Å². The van der Waals surface area contributed by atoms with Crippen LogP contribution in [0.4, 0.5) is 0 Å². The summed E-state index contributed by atoms with van der Waals surface area (Å²) in [5, 5.41) is 40.2. The van der Waals surface area contributed by atoms with Crippen molar-refractivity contribution in [3.63, 3.8) is 0 Å². The molecule has 1 aliphatic heterocycles. The Kier molecular flexibility index (Phi) is 5.05. The predicted molar refractivity (Wildman–Crippen MR) is 95.0 cm³/mol. The zero-order valence-corrected chi connectivity index (χ0v) is 16.0. The van der Waals surface area contributed by atoms with E-state index in [2.05, 4.69) is 13.8 Å². The van der Waals surface area contributed by atoms with E-state index in [1.807, 2.05) is 6.92 Å². The Morgan fingerprint density at radius 3 is 2.28 bits per heavy atom. The molecule has 0 unspecified atom stereocenters. The summed E-state index contributed by atoms with van der Waals surface area (Å²) in [5.74, 6) is 0.549. The van der Waals surface area contributed by atoms with Crippen LogP contribution in [-0.2, 0) is 4.74 Å². The van der Waals surface area contributed by atoms with E-state index in [4.69, 9.17) is 4.74 Å². The molecular weight excluding hydrogens is 320 g/mol. The van der Waals surface area contributed by atoms with Crippen molar-refractivity contribution in [2.75, 3.05) is 19.8 Å². The molecule has 3 aliphatic rings. The van der Waals surface area contributed by atoms with E-state index < -0.39 is 17.1 Å².